The fraction of sp³-hybridized carbons (Fsp3) is 0.278. The predicted octanol–water partition coefficient (Wildman–Crippen LogP) is 4.49. The Balaban J connectivity index is 1.90. The van der Waals surface area contributed by atoms with Crippen LogP contribution in [0, 0.1) is 23.3 Å². The number of halogens is 4. The SMILES string of the molecule is O=C(Nc1cc(F)ccc1N1CCCCC1)c1ccc(F)c(F)c1F. The molecule has 1 amide bonds. The molecule has 3 nitrogen and oxygen atoms in total. The quantitative estimate of drug-likeness (QED) is 0.652. The highest BCUT2D eigenvalue weighted by Crippen LogP contribution is 2.30. The summed E-state index contributed by atoms with van der Waals surface area (Å²) in [6.07, 6.45) is 3.05. The second kappa shape index (κ2) is 7.13. The molecule has 1 aliphatic rings. The van der Waals surface area contributed by atoms with Crippen molar-refractivity contribution in [3.63, 3.8) is 0 Å². The number of piperidine rings is 1. The number of amides is 1. The van der Waals surface area contributed by atoms with Crippen LogP contribution in [0.25, 0.3) is 0 Å². The van der Waals surface area contributed by atoms with E-state index < -0.39 is 34.7 Å². The smallest absolute Gasteiger partial charge is 0.258 e. The van der Waals surface area contributed by atoms with Gasteiger partial charge in [0.05, 0.1) is 16.9 Å². The Bertz CT molecular complexity index is 804. The molecule has 0 radical (unpaired) electrons. The molecule has 1 fully saturated rings. The predicted molar refractivity (Wildman–Crippen MR) is 86.7 cm³/mol. The molecular weight excluding hydrogens is 336 g/mol. The topological polar surface area (TPSA) is 32.3 Å². The average molecular weight is 352 g/mol. The lowest BCUT2D eigenvalue weighted by Gasteiger charge is -2.30. The number of carbonyl (C=O) groups is 1. The van der Waals surface area contributed by atoms with Crippen molar-refractivity contribution in [2.45, 2.75) is 19.3 Å². The molecule has 2 aromatic rings. The molecule has 1 saturated heterocycles. The van der Waals surface area contributed by atoms with Gasteiger partial charge in [0.1, 0.15) is 5.82 Å². The molecule has 0 saturated carbocycles. The van der Waals surface area contributed by atoms with Crippen LogP contribution in [0.5, 0.6) is 0 Å². The Labute approximate surface area is 142 Å². The highest BCUT2D eigenvalue weighted by Gasteiger charge is 2.21. The fourth-order valence-electron chi connectivity index (χ4n) is 2.91. The normalized spacial score (nSPS) is 14.5. The molecule has 2 aromatic carbocycles. The first-order valence-electron chi connectivity index (χ1n) is 7.96. The van der Waals surface area contributed by atoms with Crippen LogP contribution in [-0.4, -0.2) is 19.0 Å². The van der Waals surface area contributed by atoms with Gasteiger partial charge in [0.25, 0.3) is 5.91 Å². The number of nitrogens with one attached hydrogen (secondary N) is 1. The second-order valence-electron chi connectivity index (χ2n) is 5.89. The molecule has 0 spiro atoms. The lowest BCUT2D eigenvalue weighted by Crippen LogP contribution is -2.30. The summed E-state index contributed by atoms with van der Waals surface area (Å²) in [5, 5.41) is 2.40. The summed E-state index contributed by atoms with van der Waals surface area (Å²) < 4.78 is 53.7. The van der Waals surface area contributed by atoms with E-state index in [1.165, 1.54) is 12.1 Å². The molecule has 3 rings (SSSR count). The highest BCUT2D eigenvalue weighted by atomic mass is 19.2. The number of hydrogen-bond donors (Lipinski definition) is 1. The molecule has 25 heavy (non-hydrogen) atoms. The Morgan fingerprint density at radius 3 is 2.36 bits per heavy atom. The molecule has 0 aromatic heterocycles. The zero-order chi connectivity index (χ0) is 18.0. The third-order valence-corrected chi connectivity index (χ3v) is 4.18. The second-order valence-corrected chi connectivity index (χ2v) is 5.89. The zero-order valence-corrected chi connectivity index (χ0v) is 13.3. The molecule has 1 heterocycles. The first-order valence-corrected chi connectivity index (χ1v) is 7.96. The number of hydrogen-bond acceptors (Lipinski definition) is 2. The van der Waals surface area contributed by atoms with Crippen LogP contribution in [0.4, 0.5) is 28.9 Å². The van der Waals surface area contributed by atoms with Gasteiger partial charge in [0, 0.05) is 13.1 Å². The van der Waals surface area contributed by atoms with Crippen LogP contribution in [-0.2, 0) is 0 Å². The third-order valence-electron chi connectivity index (χ3n) is 4.18. The Morgan fingerprint density at radius 1 is 0.920 bits per heavy atom. The Hall–Kier alpha value is -2.57. The van der Waals surface area contributed by atoms with E-state index in [9.17, 15) is 22.4 Å². The summed E-state index contributed by atoms with van der Waals surface area (Å²) in [4.78, 5) is 14.3. The minimum Gasteiger partial charge on any atom is -0.370 e. The van der Waals surface area contributed by atoms with Crippen molar-refractivity contribution in [3.05, 3.63) is 59.2 Å². The van der Waals surface area contributed by atoms with E-state index in [1.807, 2.05) is 4.90 Å². The van der Waals surface area contributed by atoms with E-state index in [2.05, 4.69) is 5.32 Å². The maximum atomic E-state index is 13.8. The molecule has 0 atom stereocenters. The minimum atomic E-state index is -1.72. The maximum absolute atomic E-state index is 13.8. The number of anilines is 2. The minimum absolute atomic E-state index is 0.163. The van der Waals surface area contributed by atoms with Crippen LogP contribution in [0.3, 0.4) is 0 Å². The summed E-state index contributed by atoms with van der Waals surface area (Å²) in [5.41, 5.74) is 0.126. The Kier molecular flexibility index (Phi) is 4.92. The van der Waals surface area contributed by atoms with E-state index >= 15 is 0 Å². The highest BCUT2D eigenvalue weighted by molar-refractivity contribution is 6.06. The van der Waals surface area contributed by atoms with Gasteiger partial charge in [0.2, 0.25) is 0 Å². The zero-order valence-electron chi connectivity index (χ0n) is 13.3. The van der Waals surface area contributed by atoms with Crippen molar-refractivity contribution >= 4 is 17.3 Å². The van der Waals surface area contributed by atoms with Gasteiger partial charge in [-0.05, 0) is 49.6 Å². The van der Waals surface area contributed by atoms with E-state index in [4.69, 9.17) is 0 Å². The van der Waals surface area contributed by atoms with Gasteiger partial charge < -0.3 is 10.2 Å². The standard InChI is InChI=1S/C18H16F4N2O/c19-11-4-7-15(24-8-2-1-3-9-24)14(10-11)23-18(25)12-5-6-13(20)17(22)16(12)21/h4-7,10H,1-3,8-9H2,(H,23,25). The average Bonchev–Trinajstić information content (AvgIpc) is 2.60. The van der Waals surface area contributed by atoms with Gasteiger partial charge >= 0.3 is 0 Å². The lowest BCUT2D eigenvalue weighted by atomic mass is 10.1. The van der Waals surface area contributed by atoms with Gasteiger partial charge in [-0.25, -0.2) is 17.6 Å². The molecule has 1 N–H and O–H groups in total. The molecular formula is C18H16F4N2O. The summed E-state index contributed by atoms with van der Waals surface area (Å²) in [5.74, 6) is -6.22. The van der Waals surface area contributed by atoms with Crippen LogP contribution >= 0.6 is 0 Å². The van der Waals surface area contributed by atoms with E-state index in [0.717, 1.165) is 44.5 Å². The third kappa shape index (κ3) is 3.60. The number of nitrogens with zero attached hydrogens (tertiary/aromatic N) is 1. The van der Waals surface area contributed by atoms with Gasteiger partial charge in [0.15, 0.2) is 17.5 Å². The molecule has 1 aliphatic heterocycles. The molecule has 132 valence electrons. The summed E-state index contributed by atoms with van der Waals surface area (Å²) in [6.45, 7) is 1.52. The summed E-state index contributed by atoms with van der Waals surface area (Å²) in [7, 11) is 0. The monoisotopic (exact) mass is 352 g/mol. The summed E-state index contributed by atoms with van der Waals surface area (Å²) in [6, 6.07) is 5.46. The number of carbonyl (C=O) groups excluding carboxylic acids is 1. The number of rotatable bonds is 3. The first kappa shape index (κ1) is 17.3. The summed E-state index contributed by atoms with van der Waals surface area (Å²) >= 11 is 0. The van der Waals surface area contributed by atoms with Gasteiger partial charge in [-0.2, -0.15) is 0 Å². The van der Waals surface area contributed by atoms with Crippen LogP contribution in [0.2, 0.25) is 0 Å². The van der Waals surface area contributed by atoms with Crippen LogP contribution < -0.4 is 10.2 Å². The van der Waals surface area contributed by atoms with E-state index in [1.54, 1.807) is 0 Å². The molecule has 0 bridgehead atoms. The lowest BCUT2D eigenvalue weighted by molar-refractivity contribution is 0.102. The van der Waals surface area contributed by atoms with Crippen molar-refractivity contribution in [3.8, 4) is 0 Å². The van der Waals surface area contributed by atoms with Gasteiger partial charge in [-0.1, -0.05) is 0 Å². The first-order chi connectivity index (χ1) is 12.0. The van der Waals surface area contributed by atoms with Crippen LogP contribution in [0.15, 0.2) is 30.3 Å². The molecule has 0 aliphatic carbocycles. The molecule has 0 unspecified atom stereocenters. The van der Waals surface area contributed by atoms with Gasteiger partial charge in [-0.3, -0.25) is 4.79 Å². The van der Waals surface area contributed by atoms with Crippen molar-refractivity contribution in [1.82, 2.24) is 0 Å². The number of benzene rings is 2. The maximum Gasteiger partial charge on any atom is 0.258 e. The van der Waals surface area contributed by atoms with Crippen molar-refractivity contribution in [2.75, 3.05) is 23.3 Å². The fourth-order valence-corrected chi connectivity index (χ4v) is 2.91. The van der Waals surface area contributed by atoms with E-state index in [-0.39, 0.29) is 5.69 Å². The largest absolute Gasteiger partial charge is 0.370 e. The molecule has 7 heteroatoms. The Morgan fingerprint density at radius 2 is 1.64 bits per heavy atom. The van der Waals surface area contributed by atoms with Gasteiger partial charge in [-0.15, -0.1) is 0 Å². The van der Waals surface area contributed by atoms with Crippen molar-refractivity contribution in [2.24, 2.45) is 0 Å². The van der Waals surface area contributed by atoms with Crippen LogP contribution in [0.1, 0.15) is 29.6 Å². The van der Waals surface area contributed by atoms with Crippen molar-refractivity contribution in [1.29, 1.82) is 0 Å². The van der Waals surface area contributed by atoms with Crippen molar-refractivity contribution < 1.29 is 22.4 Å². The van der Waals surface area contributed by atoms with E-state index in [0.29, 0.717) is 11.8 Å².